The maximum absolute atomic E-state index is 13.0. The van der Waals surface area contributed by atoms with Crippen molar-refractivity contribution in [3.63, 3.8) is 0 Å². The molecule has 7 heteroatoms. The number of sulfonamides is 1. The van der Waals surface area contributed by atoms with E-state index in [1.165, 1.54) is 0 Å². The van der Waals surface area contributed by atoms with Gasteiger partial charge in [-0.2, -0.15) is 4.72 Å². The first-order valence-corrected chi connectivity index (χ1v) is 11.3. The molecule has 4 N–H and O–H groups in total. The Morgan fingerprint density at radius 2 is 1.58 bits per heavy atom. The molecule has 0 aliphatic rings. The van der Waals surface area contributed by atoms with Crippen LogP contribution in [0.25, 0.3) is 11.1 Å². The monoisotopic (exact) mass is 438 g/mol. The molecule has 0 aliphatic heterocycles. The van der Waals surface area contributed by atoms with Crippen LogP contribution in [0.15, 0.2) is 65.6 Å². The molecule has 0 aromatic heterocycles. The van der Waals surface area contributed by atoms with Gasteiger partial charge in [0.2, 0.25) is 10.0 Å². The SMILES string of the molecule is Cc1cc(C)c(S(=O)(=O)N[C@@H](Cc2ccc(-c3cccc(N)c3)cc2)C(=O)O)c(C)c1. The number of nitrogen functional groups attached to an aromatic ring is 1. The van der Waals surface area contributed by atoms with Crippen LogP contribution in [0.1, 0.15) is 22.3 Å². The average Bonchev–Trinajstić information content (AvgIpc) is 2.66. The predicted octanol–water partition coefficient (Wildman–Crippen LogP) is 3.84. The summed E-state index contributed by atoms with van der Waals surface area (Å²) in [6.45, 7) is 5.30. The van der Waals surface area contributed by atoms with Crippen LogP contribution < -0.4 is 10.5 Å². The molecule has 0 saturated carbocycles. The standard InChI is InChI=1S/C24H26N2O4S/c1-15-11-16(2)23(17(3)12-15)31(29,30)26-22(24(27)28)13-18-7-9-19(10-8-18)20-5-4-6-21(25)14-20/h4-12,14,22,26H,13,25H2,1-3H3,(H,27,28)/t22-/m0/s1. The lowest BCUT2D eigenvalue weighted by atomic mass is 10.0. The second kappa shape index (κ2) is 8.91. The summed E-state index contributed by atoms with van der Waals surface area (Å²) in [7, 11) is -4.00. The molecule has 3 rings (SSSR count). The van der Waals surface area contributed by atoms with Crippen molar-refractivity contribution in [1.82, 2.24) is 4.72 Å². The maximum atomic E-state index is 13.0. The number of carboxylic acids is 1. The van der Waals surface area contributed by atoms with E-state index in [9.17, 15) is 18.3 Å². The summed E-state index contributed by atoms with van der Waals surface area (Å²) in [4.78, 5) is 11.9. The Bertz CT molecular complexity index is 1200. The van der Waals surface area contributed by atoms with E-state index in [-0.39, 0.29) is 11.3 Å². The van der Waals surface area contributed by atoms with Gasteiger partial charge in [0, 0.05) is 5.69 Å². The average molecular weight is 439 g/mol. The molecular weight excluding hydrogens is 412 g/mol. The van der Waals surface area contributed by atoms with E-state index in [2.05, 4.69) is 4.72 Å². The number of benzene rings is 3. The second-order valence-electron chi connectivity index (χ2n) is 7.77. The van der Waals surface area contributed by atoms with Gasteiger partial charge >= 0.3 is 5.97 Å². The lowest BCUT2D eigenvalue weighted by Crippen LogP contribution is -2.42. The van der Waals surface area contributed by atoms with E-state index in [1.807, 2.05) is 37.3 Å². The van der Waals surface area contributed by atoms with Gasteiger partial charge in [-0.25, -0.2) is 8.42 Å². The van der Waals surface area contributed by atoms with Gasteiger partial charge in [-0.05, 0) is 67.1 Å². The summed E-state index contributed by atoms with van der Waals surface area (Å²) in [6, 6.07) is 17.0. The molecule has 162 valence electrons. The number of carboxylic acid groups (broad SMARTS) is 1. The normalized spacial score (nSPS) is 12.5. The van der Waals surface area contributed by atoms with Crippen LogP contribution in [0.5, 0.6) is 0 Å². The van der Waals surface area contributed by atoms with Gasteiger partial charge in [0.1, 0.15) is 6.04 Å². The number of carbonyl (C=O) groups is 1. The van der Waals surface area contributed by atoms with E-state index in [0.717, 1.165) is 16.7 Å². The zero-order valence-corrected chi connectivity index (χ0v) is 18.5. The summed E-state index contributed by atoms with van der Waals surface area (Å²) < 4.78 is 28.3. The summed E-state index contributed by atoms with van der Waals surface area (Å²) in [5.74, 6) is -1.23. The van der Waals surface area contributed by atoms with Crippen molar-refractivity contribution in [3.05, 3.63) is 82.9 Å². The van der Waals surface area contributed by atoms with Crippen molar-refractivity contribution in [2.45, 2.75) is 38.1 Å². The Hall–Kier alpha value is -3.16. The maximum Gasteiger partial charge on any atom is 0.322 e. The Kier molecular flexibility index (Phi) is 6.48. The molecule has 0 amide bonds. The van der Waals surface area contributed by atoms with Crippen LogP contribution in [-0.4, -0.2) is 25.5 Å². The number of anilines is 1. The first-order chi connectivity index (χ1) is 14.6. The number of aliphatic carboxylic acids is 1. The Morgan fingerprint density at radius 3 is 2.13 bits per heavy atom. The van der Waals surface area contributed by atoms with E-state index in [1.54, 1.807) is 44.2 Å². The summed E-state index contributed by atoms with van der Waals surface area (Å²) in [5, 5.41) is 9.65. The van der Waals surface area contributed by atoms with Crippen molar-refractivity contribution in [1.29, 1.82) is 0 Å². The van der Waals surface area contributed by atoms with Gasteiger partial charge in [-0.3, -0.25) is 4.79 Å². The molecule has 1 atom stereocenters. The molecule has 0 unspecified atom stereocenters. The van der Waals surface area contributed by atoms with E-state index < -0.39 is 22.0 Å². The van der Waals surface area contributed by atoms with Gasteiger partial charge in [0.15, 0.2) is 0 Å². The predicted molar refractivity (Wildman–Crippen MR) is 122 cm³/mol. The number of nitrogens with one attached hydrogen (secondary N) is 1. The molecule has 3 aromatic rings. The quantitative estimate of drug-likeness (QED) is 0.486. The Balaban J connectivity index is 1.83. The fourth-order valence-corrected chi connectivity index (χ4v) is 5.45. The van der Waals surface area contributed by atoms with E-state index >= 15 is 0 Å². The number of nitrogens with two attached hydrogens (primary N) is 1. The number of rotatable bonds is 7. The zero-order chi connectivity index (χ0) is 22.8. The third-order valence-electron chi connectivity index (χ3n) is 5.08. The second-order valence-corrected chi connectivity index (χ2v) is 9.42. The molecule has 0 bridgehead atoms. The van der Waals surface area contributed by atoms with E-state index in [0.29, 0.717) is 22.4 Å². The minimum atomic E-state index is -4.00. The lowest BCUT2D eigenvalue weighted by Gasteiger charge is -2.18. The van der Waals surface area contributed by atoms with Gasteiger partial charge in [0.25, 0.3) is 0 Å². The number of hydrogen-bond acceptors (Lipinski definition) is 4. The molecule has 6 nitrogen and oxygen atoms in total. The van der Waals surface area contributed by atoms with Gasteiger partial charge in [0.05, 0.1) is 4.90 Å². The molecule has 0 heterocycles. The topological polar surface area (TPSA) is 109 Å². The highest BCUT2D eigenvalue weighted by atomic mass is 32.2. The molecule has 0 radical (unpaired) electrons. The van der Waals surface area contributed by atoms with Gasteiger partial charge in [-0.15, -0.1) is 0 Å². The minimum absolute atomic E-state index is 0.0235. The molecule has 0 spiro atoms. The van der Waals surface area contributed by atoms with Gasteiger partial charge in [-0.1, -0.05) is 54.1 Å². The van der Waals surface area contributed by atoms with Crippen molar-refractivity contribution >= 4 is 21.7 Å². The molecule has 0 saturated heterocycles. The molecular formula is C24H26N2O4S. The third kappa shape index (κ3) is 5.31. The molecule has 0 aliphatic carbocycles. The summed E-state index contributed by atoms with van der Waals surface area (Å²) in [5.41, 5.74) is 11.2. The molecule has 0 fully saturated rings. The number of hydrogen-bond donors (Lipinski definition) is 3. The highest BCUT2D eigenvalue weighted by Crippen LogP contribution is 2.24. The fraction of sp³-hybridized carbons (Fsp3) is 0.208. The van der Waals surface area contributed by atoms with Crippen LogP contribution in [0.2, 0.25) is 0 Å². The van der Waals surface area contributed by atoms with Crippen LogP contribution in [0.3, 0.4) is 0 Å². The van der Waals surface area contributed by atoms with Crippen molar-refractivity contribution in [3.8, 4) is 11.1 Å². The van der Waals surface area contributed by atoms with Crippen LogP contribution >= 0.6 is 0 Å². The largest absolute Gasteiger partial charge is 0.480 e. The van der Waals surface area contributed by atoms with Crippen LogP contribution in [-0.2, 0) is 21.2 Å². The third-order valence-corrected chi connectivity index (χ3v) is 6.86. The molecule has 31 heavy (non-hydrogen) atoms. The van der Waals surface area contributed by atoms with Crippen molar-refractivity contribution in [2.24, 2.45) is 0 Å². The highest BCUT2D eigenvalue weighted by Gasteiger charge is 2.28. The lowest BCUT2D eigenvalue weighted by molar-refractivity contribution is -0.138. The Labute approximate surface area is 182 Å². The summed E-state index contributed by atoms with van der Waals surface area (Å²) in [6.07, 6.45) is 0.0235. The van der Waals surface area contributed by atoms with E-state index in [4.69, 9.17) is 5.73 Å². The van der Waals surface area contributed by atoms with Crippen molar-refractivity contribution in [2.75, 3.05) is 5.73 Å². The molecule has 3 aromatic carbocycles. The first kappa shape index (κ1) is 22.5. The fourth-order valence-electron chi connectivity index (χ4n) is 3.80. The van der Waals surface area contributed by atoms with Gasteiger partial charge < -0.3 is 10.8 Å². The summed E-state index contributed by atoms with van der Waals surface area (Å²) >= 11 is 0. The highest BCUT2D eigenvalue weighted by molar-refractivity contribution is 7.89. The van der Waals surface area contributed by atoms with Crippen molar-refractivity contribution < 1.29 is 18.3 Å². The minimum Gasteiger partial charge on any atom is -0.480 e. The Morgan fingerprint density at radius 1 is 0.968 bits per heavy atom. The number of aryl methyl sites for hydroxylation is 3. The smallest absolute Gasteiger partial charge is 0.322 e. The zero-order valence-electron chi connectivity index (χ0n) is 17.7. The first-order valence-electron chi connectivity index (χ1n) is 9.84. The van der Waals surface area contributed by atoms with Crippen LogP contribution in [0.4, 0.5) is 5.69 Å². The van der Waals surface area contributed by atoms with Crippen LogP contribution in [0, 0.1) is 20.8 Å².